The minimum atomic E-state index is -0.388. The molecule has 0 amide bonds. The fourth-order valence-corrected chi connectivity index (χ4v) is 13.5. The largest absolute Gasteiger partial charge is 0.416 e. The van der Waals surface area contributed by atoms with Gasteiger partial charge >= 0.3 is 20.9 Å². The van der Waals surface area contributed by atoms with Gasteiger partial charge in [-0.25, -0.2) is 0 Å². The van der Waals surface area contributed by atoms with Crippen LogP contribution in [0.25, 0.3) is 82.5 Å². The van der Waals surface area contributed by atoms with E-state index in [-0.39, 0.29) is 20.9 Å². The van der Waals surface area contributed by atoms with Crippen LogP contribution < -0.4 is 30.6 Å². The first-order valence-electron chi connectivity index (χ1n) is 28.0. The lowest BCUT2D eigenvalue weighted by Crippen LogP contribution is -2.86. The normalized spacial score (nSPS) is 13.0. The first kappa shape index (κ1) is 46.7. The topological polar surface area (TPSA) is 24.5 Å². The Morgan fingerprint density at radius 2 is 0.407 bits per heavy atom. The van der Waals surface area contributed by atoms with E-state index < -0.39 is 0 Å². The van der Waals surface area contributed by atoms with E-state index in [9.17, 15) is 0 Å². The molecule has 0 atom stereocenters. The van der Waals surface area contributed by atoms with Gasteiger partial charge in [0.1, 0.15) is 0 Å². The summed E-state index contributed by atoms with van der Waals surface area (Å²) >= 11 is 0. The third kappa shape index (κ3) is 7.53. The van der Waals surface area contributed by atoms with Crippen molar-refractivity contribution >= 4 is 120 Å². The van der Waals surface area contributed by atoms with Gasteiger partial charge in [0.2, 0.25) is 0 Å². The zero-order valence-electron chi connectivity index (χ0n) is 44.4. The fourth-order valence-electron chi connectivity index (χ4n) is 13.5. The summed E-state index contributed by atoms with van der Waals surface area (Å²) < 4.78 is 15.4. The minimum Gasteiger partial charge on any atom is -0.416 e. The van der Waals surface area contributed by atoms with Crippen molar-refractivity contribution in [1.29, 1.82) is 0 Å². The molecule has 0 N–H and O–H groups in total. The minimum absolute atomic E-state index is 0.342. The summed E-state index contributed by atoms with van der Waals surface area (Å²) in [6.07, 6.45) is 0. The SMILES string of the molecule is c1ccc(B2N(c3ccccc3)B(c3cccc(-n4c5ccccc5c5ccccc54)c3)N(c3cccc(-n4c5ccccc5c5ccccc54)c3)B(c3ccccc3)N2c2cccc(-n3c4ccccc4c4ccccc43)c2)cc1. The number of hydrogen-bond acceptors (Lipinski definition) is 3. The average Bonchev–Trinajstić information content (AvgIpc) is 4.22. The van der Waals surface area contributed by atoms with Crippen molar-refractivity contribution in [2.75, 3.05) is 14.2 Å². The molecule has 0 bridgehead atoms. The lowest BCUT2D eigenvalue weighted by atomic mass is 9.37. The second-order valence-corrected chi connectivity index (χ2v) is 21.2. The van der Waals surface area contributed by atoms with Crippen molar-refractivity contribution < 1.29 is 0 Å². The summed E-state index contributed by atoms with van der Waals surface area (Å²) in [5, 5.41) is 7.39. The third-order valence-electron chi connectivity index (χ3n) is 16.8. The molecule has 15 aromatic rings. The van der Waals surface area contributed by atoms with Gasteiger partial charge in [0.05, 0.1) is 33.1 Å². The molecule has 16 rings (SSSR count). The van der Waals surface area contributed by atoms with Gasteiger partial charge < -0.3 is 27.9 Å². The van der Waals surface area contributed by atoms with Crippen molar-refractivity contribution in [2.24, 2.45) is 0 Å². The Hall–Kier alpha value is -10.4. The van der Waals surface area contributed by atoms with Crippen molar-refractivity contribution in [1.82, 2.24) is 13.7 Å². The molecule has 12 aromatic carbocycles. The molecule has 9 heteroatoms. The highest BCUT2D eigenvalue weighted by molar-refractivity contribution is 7.14. The summed E-state index contributed by atoms with van der Waals surface area (Å²) in [6.45, 7) is -1.10. The van der Waals surface area contributed by atoms with E-state index in [0.717, 1.165) is 39.6 Å². The molecule has 81 heavy (non-hydrogen) atoms. The Labute approximate surface area is 471 Å². The van der Waals surface area contributed by atoms with Gasteiger partial charge in [-0.2, -0.15) is 0 Å². The Kier molecular flexibility index (Phi) is 11.1. The zero-order valence-corrected chi connectivity index (χ0v) is 44.4. The molecular formula is C72H51B3N6. The molecule has 378 valence electrons. The summed E-state index contributed by atoms with van der Waals surface area (Å²) in [7, 11) is 0. The van der Waals surface area contributed by atoms with Crippen molar-refractivity contribution in [3.8, 4) is 17.1 Å². The molecule has 6 nitrogen and oxygen atoms in total. The van der Waals surface area contributed by atoms with Crippen LogP contribution in [-0.2, 0) is 0 Å². The molecule has 0 spiro atoms. The molecule has 1 fully saturated rings. The maximum atomic E-state index is 2.71. The van der Waals surface area contributed by atoms with Crippen LogP contribution in [-0.4, -0.2) is 34.6 Å². The summed E-state index contributed by atoms with van der Waals surface area (Å²) in [6, 6.07) is 114. The Bertz CT molecular complexity index is 4680. The van der Waals surface area contributed by atoms with Crippen LogP contribution in [0.3, 0.4) is 0 Å². The van der Waals surface area contributed by atoms with E-state index in [2.05, 4.69) is 337 Å². The lowest BCUT2D eigenvalue weighted by Gasteiger charge is -2.57. The van der Waals surface area contributed by atoms with Gasteiger partial charge in [0.15, 0.2) is 0 Å². The Balaban J connectivity index is 1.01. The molecule has 1 aliphatic heterocycles. The van der Waals surface area contributed by atoms with Gasteiger partial charge in [-0.15, -0.1) is 0 Å². The summed E-state index contributed by atoms with van der Waals surface area (Å²) in [5.74, 6) is 0. The van der Waals surface area contributed by atoms with Crippen LogP contribution in [0.4, 0.5) is 17.1 Å². The maximum absolute atomic E-state index is 2.71. The third-order valence-corrected chi connectivity index (χ3v) is 16.8. The predicted molar refractivity (Wildman–Crippen MR) is 345 cm³/mol. The molecular weight excluding hydrogens is 981 g/mol. The monoisotopic (exact) mass is 1030 g/mol. The smallest absolute Gasteiger partial charge is 0.389 e. The highest BCUT2D eigenvalue weighted by Crippen LogP contribution is 2.40. The molecule has 1 saturated heterocycles. The summed E-state index contributed by atoms with van der Waals surface area (Å²) in [5.41, 5.74) is 17.1. The van der Waals surface area contributed by atoms with Crippen LogP contribution >= 0.6 is 0 Å². The van der Waals surface area contributed by atoms with E-state index >= 15 is 0 Å². The van der Waals surface area contributed by atoms with E-state index in [1.54, 1.807) is 0 Å². The van der Waals surface area contributed by atoms with Crippen LogP contribution in [0, 0.1) is 0 Å². The summed E-state index contributed by atoms with van der Waals surface area (Å²) in [4.78, 5) is 0. The van der Waals surface area contributed by atoms with Crippen LogP contribution in [0.15, 0.2) is 309 Å². The lowest BCUT2D eigenvalue weighted by molar-refractivity contribution is 1.17. The highest BCUT2D eigenvalue weighted by atomic mass is 15.3. The number of rotatable bonds is 9. The van der Waals surface area contributed by atoms with Crippen LogP contribution in [0.5, 0.6) is 0 Å². The van der Waals surface area contributed by atoms with Gasteiger partial charge in [-0.05, 0) is 113 Å². The zero-order chi connectivity index (χ0) is 53.4. The van der Waals surface area contributed by atoms with Gasteiger partial charge in [0, 0.05) is 66.4 Å². The van der Waals surface area contributed by atoms with Crippen molar-refractivity contribution in [3.05, 3.63) is 309 Å². The highest BCUT2D eigenvalue weighted by Gasteiger charge is 2.56. The number of benzene rings is 12. The van der Waals surface area contributed by atoms with Crippen LogP contribution in [0.1, 0.15) is 0 Å². The van der Waals surface area contributed by atoms with E-state index in [0.29, 0.717) is 0 Å². The van der Waals surface area contributed by atoms with Gasteiger partial charge in [-0.3, -0.25) is 0 Å². The first-order chi connectivity index (χ1) is 40.2. The second-order valence-electron chi connectivity index (χ2n) is 21.2. The quantitative estimate of drug-likeness (QED) is 0.135. The molecule has 0 unspecified atom stereocenters. The van der Waals surface area contributed by atoms with Crippen molar-refractivity contribution in [2.45, 2.75) is 0 Å². The number of anilines is 3. The predicted octanol–water partition coefficient (Wildman–Crippen LogP) is 15.0. The van der Waals surface area contributed by atoms with E-state index in [1.165, 1.54) is 76.3 Å². The van der Waals surface area contributed by atoms with Crippen LogP contribution in [0.2, 0.25) is 0 Å². The number of fused-ring (bicyclic) bond motifs is 9. The maximum Gasteiger partial charge on any atom is 0.389 e. The Morgan fingerprint density at radius 3 is 0.765 bits per heavy atom. The standard InChI is InChI=1S/C72H51B3N6/c1-4-25-52(26-5-1)73-79(55-30-8-3-9-31-55)75(54-29-22-32-56(49-54)76-67-43-16-10-37-61(67)62-38-11-17-44-68(62)76)81(60-36-24-34-58(51-60)78-71-47-20-14-41-65(71)66-42-15-21-48-72(66)78)74(53-27-6-2-7-28-53)80(73)59-35-23-33-57(50-59)77-69-45-18-12-39-63(69)64-40-13-19-46-70(64)77/h1-51H. The molecule has 4 heterocycles. The number of para-hydroxylation sites is 7. The Morgan fingerprint density at radius 1 is 0.173 bits per heavy atom. The molecule has 3 aromatic heterocycles. The number of hydrogen-bond donors (Lipinski definition) is 0. The van der Waals surface area contributed by atoms with Gasteiger partial charge in [-0.1, -0.05) is 212 Å². The average molecular weight is 1030 g/mol. The number of nitrogens with zero attached hydrogens (tertiary/aromatic N) is 6. The first-order valence-corrected chi connectivity index (χ1v) is 28.0. The molecule has 0 radical (unpaired) electrons. The van der Waals surface area contributed by atoms with Gasteiger partial charge in [0.25, 0.3) is 0 Å². The fraction of sp³-hybridized carbons (Fsp3) is 0. The molecule has 0 saturated carbocycles. The number of aromatic nitrogens is 3. The molecule has 1 aliphatic rings. The van der Waals surface area contributed by atoms with E-state index in [4.69, 9.17) is 0 Å². The van der Waals surface area contributed by atoms with Crippen molar-refractivity contribution in [3.63, 3.8) is 0 Å². The van der Waals surface area contributed by atoms with E-state index in [1.807, 2.05) is 0 Å². The molecule has 0 aliphatic carbocycles. The second kappa shape index (κ2) is 19.2.